The highest BCUT2D eigenvalue weighted by atomic mass is 32.1. The van der Waals surface area contributed by atoms with E-state index in [1.807, 2.05) is 5.38 Å². The fraction of sp³-hybridized carbons (Fsp3) is 0.174. The van der Waals surface area contributed by atoms with E-state index in [0.717, 1.165) is 5.56 Å². The molecule has 4 rings (SSSR count). The van der Waals surface area contributed by atoms with Crippen LogP contribution in [0, 0.1) is 5.82 Å². The van der Waals surface area contributed by atoms with Crippen molar-refractivity contribution in [2.24, 2.45) is 0 Å². The van der Waals surface area contributed by atoms with Gasteiger partial charge in [-0.25, -0.2) is 9.37 Å². The maximum Gasteiger partial charge on any atom is 0.262 e. The molecule has 0 amide bonds. The first-order valence-corrected chi connectivity index (χ1v) is 10.4. The van der Waals surface area contributed by atoms with Gasteiger partial charge in [-0.15, -0.1) is 11.3 Å². The van der Waals surface area contributed by atoms with E-state index >= 15 is 0 Å². The van der Waals surface area contributed by atoms with Gasteiger partial charge in [0.2, 0.25) is 0 Å². The van der Waals surface area contributed by atoms with Gasteiger partial charge in [-0.2, -0.15) is 0 Å². The van der Waals surface area contributed by atoms with Gasteiger partial charge in [0, 0.05) is 16.5 Å². The number of benzene rings is 2. The van der Waals surface area contributed by atoms with Gasteiger partial charge in [0.1, 0.15) is 29.1 Å². The van der Waals surface area contributed by atoms with Crippen LogP contribution in [0.15, 0.2) is 65.0 Å². The third-order valence-corrected chi connectivity index (χ3v) is 5.69. The molecule has 2 aromatic carbocycles. The molecule has 6 nitrogen and oxygen atoms in total. The number of ether oxygens (including phenoxy) is 1. The number of fused-ring (bicyclic) bond motifs is 1. The van der Waals surface area contributed by atoms with Crippen molar-refractivity contribution in [2.75, 3.05) is 6.61 Å². The number of thiophene rings is 1. The second-order valence-corrected chi connectivity index (χ2v) is 7.95. The monoisotopic (exact) mass is 438 g/mol. The number of carbonyl (C=O) groups excluding carboxylic acids is 1. The Morgan fingerprint density at radius 3 is 2.77 bits per heavy atom. The summed E-state index contributed by atoms with van der Waals surface area (Å²) in [6, 6.07) is 12.6. The van der Waals surface area contributed by atoms with Crippen molar-refractivity contribution in [3.63, 3.8) is 0 Å². The molecule has 4 aromatic rings. The average Bonchev–Trinajstić information content (AvgIpc) is 3.20. The summed E-state index contributed by atoms with van der Waals surface area (Å²) in [5, 5.41) is 12.6. The van der Waals surface area contributed by atoms with Gasteiger partial charge in [0.05, 0.1) is 18.3 Å². The fourth-order valence-corrected chi connectivity index (χ4v) is 4.12. The highest BCUT2D eigenvalue weighted by molar-refractivity contribution is 7.17. The topological polar surface area (TPSA) is 81.4 Å². The number of aliphatic hydroxyl groups excluding tert-OH is 1. The first-order chi connectivity index (χ1) is 14.9. The molecule has 0 bridgehead atoms. The highest BCUT2D eigenvalue weighted by Gasteiger charge is 2.15. The molecule has 1 unspecified atom stereocenters. The third kappa shape index (κ3) is 4.55. The number of Topliss-reactive ketones (excluding diaryl/α,β-unsaturated/α-hetero) is 1. The molecule has 31 heavy (non-hydrogen) atoms. The zero-order valence-electron chi connectivity index (χ0n) is 16.6. The highest BCUT2D eigenvalue weighted by Crippen LogP contribution is 2.30. The van der Waals surface area contributed by atoms with Crippen LogP contribution >= 0.6 is 11.3 Å². The molecular weight excluding hydrogens is 419 g/mol. The Labute approximate surface area is 181 Å². The lowest BCUT2D eigenvalue weighted by Crippen LogP contribution is -2.30. The fourth-order valence-electron chi connectivity index (χ4n) is 3.22. The first-order valence-electron chi connectivity index (χ1n) is 9.57. The lowest BCUT2D eigenvalue weighted by atomic mass is 10.1. The summed E-state index contributed by atoms with van der Waals surface area (Å²) in [6.45, 7) is 1.40. The van der Waals surface area contributed by atoms with Crippen LogP contribution in [0.25, 0.3) is 21.3 Å². The van der Waals surface area contributed by atoms with E-state index in [-0.39, 0.29) is 30.3 Å². The SMILES string of the molecule is CC(=O)c1cccc(OCC(O)Cn2cnc3scc(-c4ccc(F)cc4)c3c2=O)c1. The van der Waals surface area contributed by atoms with Gasteiger partial charge in [0.15, 0.2) is 5.78 Å². The van der Waals surface area contributed by atoms with E-state index in [2.05, 4.69) is 4.98 Å². The van der Waals surface area contributed by atoms with Gasteiger partial charge in [-0.1, -0.05) is 24.3 Å². The summed E-state index contributed by atoms with van der Waals surface area (Å²) in [7, 11) is 0. The van der Waals surface area contributed by atoms with Crippen LogP contribution in [0.3, 0.4) is 0 Å². The Balaban J connectivity index is 1.53. The van der Waals surface area contributed by atoms with Crippen LogP contribution in [0.2, 0.25) is 0 Å². The average molecular weight is 438 g/mol. The molecule has 8 heteroatoms. The smallest absolute Gasteiger partial charge is 0.262 e. The predicted molar refractivity (Wildman–Crippen MR) is 117 cm³/mol. The molecule has 2 aromatic heterocycles. The van der Waals surface area contributed by atoms with E-state index in [1.165, 1.54) is 41.3 Å². The van der Waals surface area contributed by atoms with Crippen molar-refractivity contribution in [3.05, 3.63) is 82.0 Å². The van der Waals surface area contributed by atoms with Crippen molar-refractivity contribution in [3.8, 4) is 16.9 Å². The molecule has 0 aliphatic rings. The van der Waals surface area contributed by atoms with Crippen LogP contribution < -0.4 is 10.3 Å². The normalized spacial score (nSPS) is 12.1. The second-order valence-electron chi connectivity index (χ2n) is 7.09. The number of ketones is 1. The van der Waals surface area contributed by atoms with Crippen molar-refractivity contribution in [2.45, 2.75) is 19.6 Å². The maximum absolute atomic E-state index is 13.3. The lowest BCUT2D eigenvalue weighted by molar-refractivity contribution is 0.0913. The zero-order valence-corrected chi connectivity index (χ0v) is 17.4. The Morgan fingerprint density at radius 1 is 1.26 bits per heavy atom. The van der Waals surface area contributed by atoms with Crippen molar-refractivity contribution < 1.29 is 19.0 Å². The molecule has 0 aliphatic heterocycles. The van der Waals surface area contributed by atoms with Gasteiger partial charge < -0.3 is 9.84 Å². The Kier molecular flexibility index (Phi) is 5.92. The van der Waals surface area contributed by atoms with Gasteiger partial charge >= 0.3 is 0 Å². The Morgan fingerprint density at radius 2 is 2.03 bits per heavy atom. The van der Waals surface area contributed by atoms with E-state index < -0.39 is 6.10 Å². The standard InChI is InChI=1S/C23H19FN2O4S/c1-14(27)16-3-2-4-19(9-16)30-11-18(28)10-26-13-25-22-21(23(26)29)20(12-31-22)15-5-7-17(24)8-6-15/h2-9,12-13,18,28H,10-11H2,1H3. The van der Waals surface area contributed by atoms with Crippen LogP contribution in [0.4, 0.5) is 4.39 Å². The van der Waals surface area contributed by atoms with Gasteiger partial charge in [-0.3, -0.25) is 14.2 Å². The van der Waals surface area contributed by atoms with Crippen LogP contribution in [0.1, 0.15) is 17.3 Å². The molecule has 0 aliphatic carbocycles. The van der Waals surface area contributed by atoms with E-state index in [0.29, 0.717) is 27.1 Å². The lowest BCUT2D eigenvalue weighted by Gasteiger charge is -2.14. The summed E-state index contributed by atoms with van der Waals surface area (Å²) >= 11 is 1.33. The number of aromatic nitrogens is 2. The van der Waals surface area contributed by atoms with Crippen LogP contribution in [-0.2, 0) is 6.54 Å². The molecule has 0 saturated heterocycles. The van der Waals surface area contributed by atoms with Crippen molar-refractivity contribution >= 4 is 27.3 Å². The van der Waals surface area contributed by atoms with Crippen LogP contribution in [-0.4, -0.2) is 33.2 Å². The molecule has 1 N–H and O–H groups in total. The summed E-state index contributed by atoms with van der Waals surface area (Å²) in [5.41, 5.74) is 1.63. The molecule has 1 atom stereocenters. The quantitative estimate of drug-likeness (QED) is 0.443. The number of aliphatic hydroxyl groups is 1. The van der Waals surface area contributed by atoms with E-state index in [4.69, 9.17) is 4.74 Å². The summed E-state index contributed by atoms with van der Waals surface area (Å²) in [6.07, 6.45) is 0.431. The molecule has 0 spiro atoms. The first kappa shape index (κ1) is 20.9. The van der Waals surface area contributed by atoms with Crippen molar-refractivity contribution in [1.82, 2.24) is 9.55 Å². The minimum absolute atomic E-state index is 0.00707. The Hall–Kier alpha value is -3.36. The van der Waals surface area contributed by atoms with Crippen molar-refractivity contribution in [1.29, 1.82) is 0 Å². The van der Waals surface area contributed by atoms with Gasteiger partial charge in [-0.05, 0) is 36.8 Å². The molecule has 2 heterocycles. The molecule has 0 saturated carbocycles. The van der Waals surface area contributed by atoms with E-state index in [1.54, 1.807) is 36.4 Å². The molecule has 0 radical (unpaired) electrons. The number of halogens is 1. The maximum atomic E-state index is 13.3. The second kappa shape index (κ2) is 8.79. The van der Waals surface area contributed by atoms with E-state index in [9.17, 15) is 19.1 Å². The number of rotatable bonds is 7. The summed E-state index contributed by atoms with van der Waals surface area (Å²) in [4.78, 5) is 29.4. The zero-order chi connectivity index (χ0) is 22.0. The van der Waals surface area contributed by atoms with Crippen LogP contribution in [0.5, 0.6) is 5.75 Å². The third-order valence-electron chi connectivity index (χ3n) is 4.81. The number of hydrogen-bond acceptors (Lipinski definition) is 6. The predicted octanol–water partition coefficient (Wildman–Crippen LogP) is 3.91. The minimum atomic E-state index is -0.967. The Bertz CT molecular complexity index is 1300. The largest absolute Gasteiger partial charge is 0.491 e. The number of hydrogen-bond donors (Lipinski definition) is 1. The summed E-state index contributed by atoms with van der Waals surface area (Å²) in [5.74, 6) is 0.0320. The number of carbonyl (C=O) groups is 1. The molecule has 0 fully saturated rings. The number of nitrogens with zero attached hydrogens (tertiary/aromatic N) is 2. The van der Waals surface area contributed by atoms with Gasteiger partial charge in [0.25, 0.3) is 5.56 Å². The molecule has 158 valence electrons. The molecular formula is C23H19FN2O4S. The summed E-state index contributed by atoms with van der Waals surface area (Å²) < 4.78 is 20.2. The minimum Gasteiger partial charge on any atom is -0.491 e.